The van der Waals surface area contributed by atoms with Gasteiger partial charge in [-0.05, 0) is 25.8 Å². The predicted molar refractivity (Wildman–Crippen MR) is 62.1 cm³/mol. The van der Waals surface area contributed by atoms with Crippen LogP contribution < -0.4 is 10.6 Å². The number of nitrogens with zero attached hydrogens (tertiary/aromatic N) is 1. The van der Waals surface area contributed by atoms with Crippen LogP contribution in [0.2, 0.25) is 0 Å². The fraction of sp³-hybridized carbons (Fsp3) is 0.636. The second-order valence-electron chi connectivity index (χ2n) is 4.17. The number of carbonyl (C=O) groups excluding carboxylic acids is 1. The van der Waals surface area contributed by atoms with Crippen LogP contribution in [-0.2, 0) is 4.79 Å². The number of anilines is 1. The molecule has 0 bridgehead atoms. The van der Waals surface area contributed by atoms with Crippen LogP contribution in [0.1, 0.15) is 32.1 Å². The second kappa shape index (κ2) is 5.65. The molecule has 0 aliphatic carbocycles. The highest BCUT2D eigenvalue weighted by Crippen LogP contribution is 2.12. The molecule has 1 aliphatic heterocycles. The van der Waals surface area contributed by atoms with E-state index in [-0.39, 0.29) is 5.91 Å². The van der Waals surface area contributed by atoms with E-state index in [0.717, 1.165) is 13.0 Å². The summed E-state index contributed by atoms with van der Waals surface area (Å²) in [4.78, 5) is 18.3. The van der Waals surface area contributed by atoms with Crippen LogP contribution in [0.5, 0.6) is 0 Å². The number of amides is 1. The highest BCUT2D eigenvalue weighted by atomic mass is 16.1. The van der Waals surface area contributed by atoms with Gasteiger partial charge in [0.25, 0.3) is 0 Å². The van der Waals surface area contributed by atoms with Crippen LogP contribution >= 0.6 is 0 Å². The fourth-order valence-electron chi connectivity index (χ4n) is 2.00. The molecule has 0 saturated carbocycles. The summed E-state index contributed by atoms with van der Waals surface area (Å²) in [7, 11) is 0. The lowest BCUT2D eigenvalue weighted by Crippen LogP contribution is -2.34. The second-order valence-corrected chi connectivity index (χ2v) is 4.17. The lowest BCUT2D eigenvalue weighted by molar-refractivity contribution is -0.116. The van der Waals surface area contributed by atoms with Gasteiger partial charge in [0.15, 0.2) is 0 Å². The molecule has 1 unspecified atom stereocenters. The van der Waals surface area contributed by atoms with E-state index in [4.69, 9.17) is 0 Å². The van der Waals surface area contributed by atoms with Crippen molar-refractivity contribution in [3.8, 4) is 0 Å². The minimum absolute atomic E-state index is 0.0299. The van der Waals surface area contributed by atoms with Crippen LogP contribution in [0.3, 0.4) is 0 Å². The van der Waals surface area contributed by atoms with Crippen molar-refractivity contribution in [2.75, 3.05) is 11.9 Å². The highest BCUT2D eigenvalue weighted by molar-refractivity contribution is 5.88. The van der Waals surface area contributed by atoms with Gasteiger partial charge in [-0.3, -0.25) is 10.1 Å². The Hall–Kier alpha value is -1.36. The zero-order chi connectivity index (χ0) is 11.2. The Balaban J connectivity index is 1.67. The summed E-state index contributed by atoms with van der Waals surface area (Å²) in [5.41, 5.74) is 0. The molecular formula is C11H18N4O. The van der Waals surface area contributed by atoms with Gasteiger partial charge in [-0.25, -0.2) is 4.98 Å². The summed E-state index contributed by atoms with van der Waals surface area (Å²) in [6.45, 7) is 1.09. The Kier molecular flexibility index (Phi) is 3.93. The minimum Gasteiger partial charge on any atom is -0.331 e. The van der Waals surface area contributed by atoms with E-state index >= 15 is 0 Å². The molecule has 0 radical (unpaired) electrons. The lowest BCUT2D eigenvalue weighted by Gasteiger charge is -2.22. The number of aromatic amines is 1. The van der Waals surface area contributed by atoms with Crippen molar-refractivity contribution in [3.05, 3.63) is 12.4 Å². The summed E-state index contributed by atoms with van der Waals surface area (Å²) >= 11 is 0. The van der Waals surface area contributed by atoms with E-state index in [2.05, 4.69) is 20.6 Å². The van der Waals surface area contributed by atoms with E-state index in [1.54, 1.807) is 12.4 Å². The maximum atomic E-state index is 11.6. The number of piperidine rings is 1. The van der Waals surface area contributed by atoms with Gasteiger partial charge in [0.1, 0.15) is 0 Å². The third kappa shape index (κ3) is 3.34. The molecule has 1 amide bonds. The van der Waals surface area contributed by atoms with E-state index in [9.17, 15) is 4.79 Å². The van der Waals surface area contributed by atoms with Crippen molar-refractivity contribution in [2.45, 2.75) is 38.1 Å². The van der Waals surface area contributed by atoms with E-state index < -0.39 is 0 Å². The van der Waals surface area contributed by atoms with Crippen LogP contribution in [-0.4, -0.2) is 28.5 Å². The molecule has 1 aromatic rings. The quantitative estimate of drug-likeness (QED) is 0.718. The Labute approximate surface area is 95.0 Å². The SMILES string of the molecule is O=C(CCC1CCCCN1)Nc1ncc[nH]1. The number of aromatic nitrogens is 2. The molecule has 1 fully saturated rings. The van der Waals surface area contributed by atoms with Crippen molar-refractivity contribution in [1.29, 1.82) is 0 Å². The highest BCUT2D eigenvalue weighted by Gasteiger charge is 2.14. The van der Waals surface area contributed by atoms with Crippen LogP contribution in [0, 0.1) is 0 Å². The van der Waals surface area contributed by atoms with Crippen molar-refractivity contribution >= 4 is 11.9 Å². The molecular weight excluding hydrogens is 204 g/mol. The van der Waals surface area contributed by atoms with E-state index in [1.165, 1.54) is 19.3 Å². The van der Waals surface area contributed by atoms with Gasteiger partial charge >= 0.3 is 0 Å². The standard InChI is InChI=1S/C11H18N4O/c16-10(15-11-13-7-8-14-11)5-4-9-3-1-2-6-12-9/h7-9,12H,1-6H2,(H2,13,14,15,16). The summed E-state index contributed by atoms with van der Waals surface area (Å²) in [6, 6.07) is 0.510. The zero-order valence-corrected chi connectivity index (χ0v) is 9.33. The first kappa shape index (κ1) is 11.1. The molecule has 0 aromatic carbocycles. The normalized spacial score (nSPS) is 20.6. The summed E-state index contributed by atoms with van der Waals surface area (Å²) in [5, 5.41) is 6.16. The van der Waals surface area contributed by atoms with Gasteiger partial charge in [0.05, 0.1) is 0 Å². The third-order valence-electron chi connectivity index (χ3n) is 2.89. The predicted octanol–water partition coefficient (Wildman–Crippen LogP) is 1.27. The summed E-state index contributed by atoms with van der Waals surface area (Å²) in [5.74, 6) is 0.559. The number of carbonyl (C=O) groups is 1. The number of nitrogens with one attached hydrogen (secondary N) is 3. The van der Waals surface area contributed by atoms with Crippen LogP contribution in [0.4, 0.5) is 5.95 Å². The van der Waals surface area contributed by atoms with Gasteiger partial charge in [-0.2, -0.15) is 0 Å². The van der Waals surface area contributed by atoms with Crippen molar-refractivity contribution in [3.63, 3.8) is 0 Å². The summed E-state index contributed by atoms with van der Waals surface area (Å²) < 4.78 is 0. The smallest absolute Gasteiger partial charge is 0.226 e. The molecule has 16 heavy (non-hydrogen) atoms. The third-order valence-corrected chi connectivity index (χ3v) is 2.89. The maximum absolute atomic E-state index is 11.6. The first-order valence-electron chi connectivity index (χ1n) is 5.87. The molecule has 2 heterocycles. The molecule has 3 N–H and O–H groups in total. The molecule has 1 aliphatic rings. The molecule has 0 spiro atoms. The van der Waals surface area contributed by atoms with Gasteiger partial charge in [-0.15, -0.1) is 0 Å². The van der Waals surface area contributed by atoms with Crippen molar-refractivity contribution < 1.29 is 4.79 Å². The topological polar surface area (TPSA) is 69.8 Å². The fourth-order valence-corrected chi connectivity index (χ4v) is 2.00. The Morgan fingerprint density at radius 1 is 1.56 bits per heavy atom. The average Bonchev–Trinajstić information content (AvgIpc) is 2.81. The molecule has 5 heteroatoms. The number of rotatable bonds is 4. The molecule has 1 saturated heterocycles. The van der Waals surface area contributed by atoms with Crippen LogP contribution in [0.15, 0.2) is 12.4 Å². The van der Waals surface area contributed by atoms with Crippen molar-refractivity contribution in [2.24, 2.45) is 0 Å². The number of hydrogen-bond acceptors (Lipinski definition) is 3. The Morgan fingerprint density at radius 3 is 3.19 bits per heavy atom. The maximum Gasteiger partial charge on any atom is 0.226 e. The number of hydrogen-bond donors (Lipinski definition) is 3. The van der Waals surface area contributed by atoms with E-state index in [0.29, 0.717) is 18.4 Å². The minimum atomic E-state index is 0.0299. The first-order chi connectivity index (χ1) is 7.84. The monoisotopic (exact) mass is 222 g/mol. The number of imidazole rings is 1. The molecule has 2 rings (SSSR count). The molecule has 1 aromatic heterocycles. The largest absolute Gasteiger partial charge is 0.331 e. The zero-order valence-electron chi connectivity index (χ0n) is 9.33. The lowest BCUT2D eigenvalue weighted by atomic mass is 10.0. The van der Waals surface area contributed by atoms with E-state index in [1.807, 2.05) is 0 Å². The van der Waals surface area contributed by atoms with Gasteiger partial charge in [0.2, 0.25) is 11.9 Å². The van der Waals surface area contributed by atoms with Crippen LogP contribution in [0.25, 0.3) is 0 Å². The van der Waals surface area contributed by atoms with Crippen molar-refractivity contribution in [1.82, 2.24) is 15.3 Å². The molecule has 1 atom stereocenters. The number of H-pyrrole nitrogens is 1. The van der Waals surface area contributed by atoms with Gasteiger partial charge < -0.3 is 10.3 Å². The van der Waals surface area contributed by atoms with Gasteiger partial charge in [0, 0.05) is 24.9 Å². The Bertz CT molecular complexity index is 317. The van der Waals surface area contributed by atoms with Gasteiger partial charge in [-0.1, -0.05) is 6.42 Å². The molecule has 5 nitrogen and oxygen atoms in total. The summed E-state index contributed by atoms with van der Waals surface area (Å²) in [6.07, 6.45) is 8.50. The first-order valence-corrected chi connectivity index (χ1v) is 5.87. The molecule has 88 valence electrons. The average molecular weight is 222 g/mol. The Morgan fingerprint density at radius 2 is 2.50 bits per heavy atom.